The summed E-state index contributed by atoms with van der Waals surface area (Å²) in [5.41, 5.74) is -0.258. The third-order valence-corrected chi connectivity index (χ3v) is 2.17. The molecule has 0 radical (unpaired) electrons. The number of nitrogens with zero attached hydrogens (tertiary/aromatic N) is 3. The third-order valence-electron chi connectivity index (χ3n) is 1.33. The van der Waals surface area contributed by atoms with Crippen molar-refractivity contribution in [3.05, 3.63) is 12.3 Å². The van der Waals surface area contributed by atoms with Crippen LogP contribution in [0, 0.1) is 0 Å². The molecule has 0 aliphatic rings. The molecule has 0 unspecified atom stereocenters. The first-order chi connectivity index (χ1) is 5.91. The van der Waals surface area contributed by atoms with Crippen LogP contribution in [0.3, 0.4) is 0 Å². The van der Waals surface area contributed by atoms with Gasteiger partial charge in [-0.1, -0.05) is 0 Å². The minimum atomic E-state index is -4.26. The van der Waals surface area contributed by atoms with Gasteiger partial charge in [0.2, 0.25) is 5.95 Å². The van der Waals surface area contributed by atoms with Crippen LogP contribution >= 0.6 is 7.60 Å². The summed E-state index contributed by atoms with van der Waals surface area (Å²) in [6.07, 6.45) is 1.32. The van der Waals surface area contributed by atoms with E-state index in [2.05, 4.69) is 9.97 Å². The molecule has 6 nitrogen and oxygen atoms in total. The summed E-state index contributed by atoms with van der Waals surface area (Å²) in [6, 6.07) is 1.20. The van der Waals surface area contributed by atoms with Crippen molar-refractivity contribution in [1.82, 2.24) is 9.97 Å². The zero-order chi connectivity index (χ0) is 10.1. The van der Waals surface area contributed by atoms with E-state index in [0.717, 1.165) is 0 Å². The predicted octanol–water partition coefficient (Wildman–Crippen LogP) is -0.654. The van der Waals surface area contributed by atoms with Crippen LogP contribution in [-0.2, 0) is 4.57 Å². The Morgan fingerprint density at radius 3 is 2.54 bits per heavy atom. The van der Waals surface area contributed by atoms with Gasteiger partial charge in [0.05, 0.1) is 0 Å². The molecular formula is C6H10N3O3P. The maximum absolute atomic E-state index is 10.8. The van der Waals surface area contributed by atoms with E-state index >= 15 is 0 Å². The lowest BCUT2D eigenvalue weighted by atomic mass is 10.6. The van der Waals surface area contributed by atoms with Crippen LogP contribution in [0.25, 0.3) is 0 Å². The molecule has 0 bridgehead atoms. The molecule has 0 aromatic carbocycles. The fourth-order valence-corrected chi connectivity index (χ4v) is 1.20. The van der Waals surface area contributed by atoms with Gasteiger partial charge in [-0.25, -0.2) is 9.97 Å². The summed E-state index contributed by atoms with van der Waals surface area (Å²) in [7, 11) is -0.876. The quantitative estimate of drug-likeness (QED) is 0.621. The molecule has 0 atom stereocenters. The van der Waals surface area contributed by atoms with Gasteiger partial charge >= 0.3 is 7.60 Å². The van der Waals surface area contributed by atoms with Crippen molar-refractivity contribution in [3.8, 4) is 0 Å². The average Bonchev–Trinajstić information content (AvgIpc) is 2.03. The second-order valence-corrected chi connectivity index (χ2v) is 4.20. The van der Waals surface area contributed by atoms with Crippen molar-refractivity contribution in [2.24, 2.45) is 0 Å². The summed E-state index contributed by atoms with van der Waals surface area (Å²) in [5, 5.41) is 0. The van der Waals surface area contributed by atoms with Crippen LogP contribution in [0.15, 0.2) is 12.3 Å². The molecule has 2 N–H and O–H groups in total. The van der Waals surface area contributed by atoms with Gasteiger partial charge in [0, 0.05) is 20.3 Å². The lowest BCUT2D eigenvalue weighted by Crippen LogP contribution is -2.18. The molecule has 0 amide bonds. The Labute approximate surface area is 75.4 Å². The van der Waals surface area contributed by atoms with Gasteiger partial charge in [-0.2, -0.15) is 0 Å². The zero-order valence-corrected chi connectivity index (χ0v) is 8.14. The Morgan fingerprint density at radius 1 is 1.46 bits per heavy atom. The second kappa shape index (κ2) is 3.41. The molecule has 1 aromatic rings. The van der Waals surface area contributed by atoms with E-state index in [1.165, 1.54) is 12.3 Å². The van der Waals surface area contributed by atoms with Crippen molar-refractivity contribution in [2.45, 2.75) is 0 Å². The molecule has 72 valence electrons. The van der Waals surface area contributed by atoms with Crippen molar-refractivity contribution < 1.29 is 14.4 Å². The van der Waals surface area contributed by atoms with Gasteiger partial charge in [0.1, 0.15) is 0 Å². The van der Waals surface area contributed by atoms with Gasteiger partial charge < -0.3 is 14.7 Å². The molecule has 0 aliphatic heterocycles. The van der Waals surface area contributed by atoms with Crippen LogP contribution < -0.4 is 10.3 Å². The van der Waals surface area contributed by atoms with Crippen LogP contribution in [0.1, 0.15) is 0 Å². The second-order valence-electron chi connectivity index (χ2n) is 2.65. The molecular weight excluding hydrogens is 193 g/mol. The number of rotatable bonds is 2. The Bertz CT molecular complexity index is 349. The number of aromatic nitrogens is 2. The van der Waals surface area contributed by atoms with E-state index in [9.17, 15) is 4.57 Å². The monoisotopic (exact) mass is 203 g/mol. The molecule has 0 spiro atoms. The van der Waals surface area contributed by atoms with E-state index in [0.29, 0.717) is 0 Å². The first-order valence-electron chi connectivity index (χ1n) is 3.48. The van der Waals surface area contributed by atoms with E-state index in [1.54, 1.807) is 19.0 Å². The van der Waals surface area contributed by atoms with E-state index in [4.69, 9.17) is 9.79 Å². The largest absolute Gasteiger partial charge is 0.374 e. The number of hydrogen-bond acceptors (Lipinski definition) is 4. The average molecular weight is 203 g/mol. The highest BCUT2D eigenvalue weighted by molar-refractivity contribution is 7.60. The molecule has 1 rings (SSSR count). The molecule has 1 aromatic heterocycles. The minimum Gasteiger partial charge on any atom is -0.347 e. The topological polar surface area (TPSA) is 86.6 Å². The van der Waals surface area contributed by atoms with Crippen molar-refractivity contribution in [1.29, 1.82) is 0 Å². The smallest absolute Gasteiger partial charge is 0.347 e. The minimum absolute atomic E-state index is 0.258. The first kappa shape index (κ1) is 10.1. The highest BCUT2D eigenvalue weighted by atomic mass is 31.2. The SMILES string of the molecule is CN(C)c1nccc(P(=O)(O)O)n1. The van der Waals surface area contributed by atoms with Gasteiger partial charge in [0.15, 0.2) is 5.44 Å². The molecule has 0 saturated heterocycles. The molecule has 13 heavy (non-hydrogen) atoms. The maximum atomic E-state index is 10.8. The summed E-state index contributed by atoms with van der Waals surface area (Å²) in [4.78, 5) is 26.7. The molecule has 7 heteroatoms. The zero-order valence-electron chi connectivity index (χ0n) is 7.25. The number of hydrogen-bond donors (Lipinski definition) is 2. The highest BCUT2D eigenvalue weighted by Gasteiger charge is 2.19. The summed E-state index contributed by atoms with van der Waals surface area (Å²) >= 11 is 0. The lowest BCUT2D eigenvalue weighted by Gasteiger charge is -2.10. The number of anilines is 1. The maximum Gasteiger partial charge on any atom is 0.374 e. The van der Waals surface area contributed by atoms with Crippen molar-refractivity contribution >= 4 is 19.0 Å². The van der Waals surface area contributed by atoms with Crippen LogP contribution in [0.2, 0.25) is 0 Å². The summed E-state index contributed by atoms with van der Waals surface area (Å²) in [6.45, 7) is 0. The standard InChI is InChI=1S/C6H10N3O3P/c1-9(2)6-7-4-3-5(8-6)13(10,11)12/h3-4H,1-2H3,(H2,10,11,12). The van der Waals surface area contributed by atoms with Crippen molar-refractivity contribution in [3.63, 3.8) is 0 Å². The Hall–Kier alpha value is -0.970. The van der Waals surface area contributed by atoms with Crippen LogP contribution in [-0.4, -0.2) is 33.9 Å². The molecule has 0 aliphatic carbocycles. The lowest BCUT2D eigenvalue weighted by molar-refractivity contribution is 0.386. The van der Waals surface area contributed by atoms with Gasteiger partial charge in [-0.05, 0) is 6.07 Å². The van der Waals surface area contributed by atoms with Crippen molar-refractivity contribution in [2.75, 3.05) is 19.0 Å². The fraction of sp³-hybridized carbons (Fsp3) is 0.333. The Balaban J connectivity index is 3.13. The normalized spacial score (nSPS) is 11.4. The predicted molar refractivity (Wildman–Crippen MR) is 48.0 cm³/mol. The highest BCUT2D eigenvalue weighted by Crippen LogP contribution is 2.31. The molecule has 1 heterocycles. The summed E-state index contributed by atoms with van der Waals surface area (Å²) < 4.78 is 10.8. The van der Waals surface area contributed by atoms with Crippen LogP contribution in [0.4, 0.5) is 5.95 Å². The van der Waals surface area contributed by atoms with E-state index < -0.39 is 7.60 Å². The fourth-order valence-electron chi connectivity index (χ4n) is 0.717. The van der Waals surface area contributed by atoms with Gasteiger partial charge in [-0.15, -0.1) is 0 Å². The third kappa shape index (κ3) is 2.48. The first-order valence-corrected chi connectivity index (χ1v) is 5.09. The van der Waals surface area contributed by atoms with Gasteiger partial charge in [-0.3, -0.25) is 4.57 Å². The van der Waals surface area contributed by atoms with E-state index in [-0.39, 0.29) is 11.4 Å². The molecule has 0 saturated carbocycles. The molecule has 0 fully saturated rings. The van der Waals surface area contributed by atoms with E-state index in [1.807, 2.05) is 0 Å². The summed E-state index contributed by atoms with van der Waals surface area (Å²) in [5.74, 6) is 0.279. The Kier molecular flexibility index (Phi) is 2.66. The van der Waals surface area contributed by atoms with Gasteiger partial charge in [0.25, 0.3) is 0 Å². The van der Waals surface area contributed by atoms with Crippen LogP contribution in [0.5, 0.6) is 0 Å². The Morgan fingerprint density at radius 2 is 2.08 bits per heavy atom.